The average molecular weight is 253 g/mol. The van der Waals surface area contributed by atoms with E-state index in [-0.39, 0.29) is 17.9 Å². The molecule has 0 aromatic heterocycles. The third-order valence-corrected chi connectivity index (χ3v) is 3.90. The van der Waals surface area contributed by atoms with Crippen LogP contribution in [-0.4, -0.2) is 48.4 Å². The molecule has 1 aliphatic carbocycles. The summed E-state index contributed by atoms with van der Waals surface area (Å²) in [6.07, 6.45) is 5.82. The van der Waals surface area contributed by atoms with Crippen molar-refractivity contribution < 1.29 is 9.59 Å². The van der Waals surface area contributed by atoms with E-state index in [0.29, 0.717) is 19.1 Å². The van der Waals surface area contributed by atoms with Gasteiger partial charge < -0.3 is 15.5 Å². The van der Waals surface area contributed by atoms with Gasteiger partial charge >= 0.3 is 0 Å². The predicted molar refractivity (Wildman–Crippen MR) is 69.1 cm³/mol. The summed E-state index contributed by atoms with van der Waals surface area (Å²) in [5.74, 6) is -0.00964. The molecular weight excluding hydrogens is 230 g/mol. The monoisotopic (exact) mass is 253 g/mol. The van der Waals surface area contributed by atoms with Crippen molar-refractivity contribution in [3.63, 3.8) is 0 Å². The molecule has 2 aliphatic rings. The van der Waals surface area contributed by atoms with E-state index in [2.05, 4.69) is 10.6 Å². The second kappa shape index (κ2) is 6.18. The Balaban J connectivity index is 1.91. The van der Waals surface area contributed by atoms with E-state index in [9.17, 15) is 9.59 Å². The summed E-state index contributed by atoms with van der Waals surface area (Å²) < 4.78 is 0. The lowest BCUT2D eigenvalue weighted by molar-refractivity contribution is -0.140. The van der Waals surface area contributed by atoms with Gasteiger partial charge in [0, 0.05) is 32.6 Å². The maximum absolute atomic E-state index is 12.2. The normalized spacial score (nSPS) is 25.8. The first-order chi connectivity index (χ1) is 8.68. The molecule has 5 nitrogen and oxygen atoms in total. The number of hydrogen-bond donors (Lipinski definition) is 2. The van der Waals surface area contributed by atoms with Gasteiger partial charge in [0.15, 0.2) is 0 Å². The van der Waals surface area contributed by atoms with E-state index < -0.39 is 0 Å². The quantitative estimate of drug-likeness (QED) is 0.742. The van der Waals surface area contributed by atoms with Gasteiger partial charge in [-0.15, -0.1) is 0 Å². The first-order valence-electron chi connectivity index (χ1n) is 6.97. The van der Waals surface area contributed by atoms with Crippen LogP contribution in [0.1, 0.15) is 39.0 Å². The summed E-state index contributed by atoms with van der Waals surface area (Å²) in [5, 5.41) is 6.28. The van der Waals surface area contributed by atoms with Crippen LogP contribution in [0.5, 0.6) is 0 Å². The number of carbonyl (C=O) groups excluding carboxylic acids is 2. The molecular formula is C13H23N3O2. The van der Waals surface area contributed by atoms with Crippen LogP contribution in [0.4, 0.5) is 0 Å². The van der Waals surface area contributed by atoms with Crippen LogP contribution in [0.25, 0.3) is 0 Å². The molecule has 102 valence electrons. The number of rotatable bonds is 2. The van der Waals surface area contributed by atoms with Crippen molar-refractivity contribution in [3.8, 4) is 0 Å². The Labute approximate surface area is 108 Å². The first-order valence-corrected chi connectivity index (χ1v) is 6.97. The van der Waals surface area contributed by atoms with Crippen LogP contribution < -0.4 is 10.6 Å². The van der Waals surface area contributed by atoms with Gasteiger partial charge in [0.2, 0.25) is 11.8 Å². The summed E-state index contributed by atoms with van der Waals surface area (Å²) in [6, 6.07) is -0.0276. The lowest BCUT2D eigenvalue weighted by Crippen LogP contribution is -2.60. The van der Waals surface area contributed by atoms with Crippen LogP contribution in [0.3, 0.4) is 0 Å². The Hall–Kier alpha value is -1.10. The molecule has 2 fully saturated rings. The number of nitrogens with zero attached hydrogens (tertiary/aromatic N) is 1. The number of piperazine rings is 1. The van der Waals surface area contributed by atoms with E-state index in [1.165, 1.54) is 26.2 Å². The first kappa shape index (κ1) is 13.3. The van der Waals surface area contributed by atoms with Crippen molar-refractivity contribution in [2.75, 3.05) is 19.6 Å². The molecule has 2 N–H and O–H groups in total. The Bertz CT molecular complexity index is 313. The highest BCUT2D eigenvalue weighted by molar-refractivity contribution is 5.87. The lowest BCUT2D eigenvalue weighted by Gasteiger charge is -2.35. The van der Waals surface area contributed by atoms with Gasteiger partial charge in [-0.1, -0.05) is 19.3 Å². The van der Waals surface area contributed by atoms with E-state index in [4.69, 9.17) is 0 Å². The minimum Gasteiger partial charge on any atom is -0.352 e. The molecule has 1 unspecified atom stereocenters. The molecule has 1 saturated heterocycles. The zero-order valence-electron chi connectivity index (χ0n) is 11.1. The fourth-order valence-electron chi connectivity index (χ4n) is 2.86. The molecule has 1 heterocycles. The van der Waals surface area contributed by atoms with E-state index in [0.717, 1.165) is 19.4 Å². The Morgan fingerprint density at radius 2 is 1.94 bits per heavy atom. The fourth-order valence-corrected chi connectivity index (χ4v) is 2.86. The zero-order chi connectivity index (χ0) is 13.0. The van der Waals surface area contributed by atoms with Crippen LogP contribution >= 0.6 is 0 Å². The third kappa shape index (κ3) is 3.22. The van der Waals surface area contributed by atoms with E-state index in [1.807, 2.05) is 0 Å². The molecule has 18 heavy (non-hydrogen) atoms. The smallest absolute Gasteiger partial charge is 0.244 e. The molecule has 2 amide bonds. The maximum Gasteiger partial charge on any atom is 0.244 e. The molecule has 1 atom stereocenters. The van der Waals surface area contributed by atoms with Crippen molar-refractivity contribution in [3.05, 3.63) is 0 Å². The fraction of sp³-hybridized carbons (Fsp3) is 0.846. The number of hydrogen-bond acceptors (Lipinski definition) is 3. The highest BCUT2D eigenvalue weighted by Crippen LogP contribution is 2.17. The largest absolute Gasteiger partial charge is 0.352 e. The highest BCUT2D eigenvalue weighted by Gasteiger charge is 2.31. The van der Waals surface area contributed by atoms with Gasteiger partial charge in [0.1, 0.15) is 6.04 Å². The van der Waals surface area contributed by atoms with Crippen molar-refractivity contribution in [2.45, 2.75) is 51.1 Å². The van der Waals surface area contributed by atoms with Crippen LogP contribution in [0.2, 0.25) is 0 Å². The molecule has 5 heteroatoms. The zero-order valence-corrected chi connectivity index (χ0v) is 11.1. The summed E-state index contributed by atoms with van der Waals surface area (Å²) in [4.78, 5) is 25.4. The molecule has 0 aromatic carbocycles. The Morgan fingerprint density at radius 3 is 2.61 bits per heavy atom. The van der Waals surface area contributed by atoms with Gasteiger partial charge in [-0.25, -0.2) is 0 Å². The highest BCUT2D eigenvalue weighted by atomic mass is 16.2. The van der Waals surface area contributed by atoms with Crippen molar-refractivity contribution >= 4 is 11.8 Å². The summed E-state index contributed by atoms with van der Waals surface area (Å²) >= 11 is 0. The number of amides is 2. The summed E-state index contributed by atoms with van der Waals surface area (Å²) in [5.41, 5.74) is 0. The standard InChI is InChI=1S/C13H23N3O2/c1-10(17)16-8-7-14-9-12(16)13(18)15-11-5-3-2-4-6-11/h11-12,14H,2-9H2,1H3,(H,15,18). The van der Waals surface area contributed by atoms with E-state index in [1.54, 1.807) is 4.90 Å². The Kier molecular flexibility index (Phi) is 4.58. The van der Waals surface area contributed by atoms with Crippen molar-refractivity contribution in [1.29, 1.82) is 0 Å². The Morgan fingerprint density at radius 1 is 1.22 bits per heavy atom. The lowest BCUT2D eigenvalue weighted by atomic mass is 9.95. The summed E-state index contributed by atoms with van der Waals surface area (Å²) in [6.45, 7) is 3.50. The van der Waals surface area contributed by atoms with Gasteiger partial charge in [-0.2, -0.15) is 0 Å². The summed E-state index contributed by atoms with van der Waals surface area (Å²) in [7, 11) is 0. The molecule has 2 rings (SSSR count). The second-order valence-corrected chi connectivity index (χ2v) is 5.28. The third-order valence-electron chi connectivity index (χ3n) is 3.90. The van der Waals surface area contributed by atoms with Gasteiger partial charge in [-0.05, 0) is 12.8 Å². The molecule has 1 saturated carbocycles. The average Bonchev–Trinajstić information content (AvgIpc) is 2.40. The van der Waals surface area contributed by atoms with E-state index >= 15 is 0 Å². The molecule has 0 aromatic rings. The number of carbonyl (C=O) groups is 2. The van der Waals surface area contributed by atoms with Gasteiger partial charge in [-0.3, -0.25) is 9.59 Å². The molecule has 0 bridgehead atoms. The van der Waals surface area contributed by atoms with Crippen LogP contribution in [0, 0.1) is 0 Å². The predicted octanol–water partition coefficient (Wildman–Crippen LogP) is 0.256. The SMILES string of the molecule is CC(=O)N1CCNCC1C(=O)NC1CCCCC1. The van der Waals surface area contributed by atoms with Crippen molar-refractivity contribution in [1.82, 2.24) is 15.5 Å². The topological polar surface area (TPSA) is 61.4 Å². The molecule has 1 aliphatic heterocycles. The van der Waals surface area contributed by atoms with Gasteiger partial charge in [0.05, 0.1) is 0 Å². The van der Waals surface area contributed by atoms with Gasteiger partial charge in [0.25, 0.3) is 0 Å². The molecule has 0 radical (unpaired) electrons. The number of nitrogens with one attached hydrogen (secondary N) is 2. The second-order valence-electron chi connectivity index (χ2n) is 5.28. The minimum absolute atomic E-state index is 0.00398. The van der Waals surface area contributed by atoms with Crippen LogP contribution in [0.15, 0.2) is 0 Å². The van der Waals surface area contributed by atoms with Crippen LogP contribution in [-0.2, 0) is 9.59 Å². The van der Waals surface area contributed by atoms with Crippen molar-refractivity contribution in [2.24, 2.45) is 0 Å². The maximum atomic E-state index is 12.2. The molecule has 0 spiro atoms. The minimum atomic E-state index is -0.335.